The van der Waals surface area contributed by atoms with Gasteiger partial charge >= 0.3 is 5.97 Å². The van der Waals surface area contributed by atoms with Crippen molar-refractivity contribution in [1.82, 2.24) is 5.32 Å². The van der Waals surface area contributed by atoms with Crippen molar-refractivity contribution in [3.05, 3.63) is 12.7 Å². The SMILES string of the molecule is C=CC[C@H]1NC(=O)[C@H](C(C)C)OC1=O. The largest absolute Gasteiger partial charge is 0.450 e. The summed E-state index contributed by atoms with van der Waals surface area (Å²) in [6.07, 6.45) is 1.35. The van der Waals surface area contributed by atoms with Crippen molar-refractivity contribution in [2.24, 2.45) is 5.92 Å². The van der Waals surface area contributed by atoms with Gasteiger partial charge in [0.15, 0.2) is 6.10 Å². The van der Waals surface area contributed by atoms with Gasteiger partial charge in [0.1, 0.15) is 6.04 Å². The maximum absolute atomic E-state index is 11.4. The van der Waals surface area contributed by atoms with Crippen LogP contribution in [0.1, 0.15) is 20.3 Å². The predicted molar refractivity (Wildman–Crippen MR) is 51.5 cm³/mol. The van der Waals surface area contributed by atoms with Crippen molar-refractivity contribution in [2.45, 2.75) is 32.4 Å². The first kappa shape index (κ1) is 10.8. The van der Waals surface area contributed by atoms with Gasteiger partial charge in [0.25, 0.3) is 5.91 Å². The lowest BCUT2D eigenvalue weighted by molar-refractivity contribution is -0.168. The number of rotatable bonds is 3. The van der Waals surface area contributed by atoms with Crippen molar-refractivity contribution in [3.63, 3.8) is 0 Å². The normalized spacial score (nSPS) is 27.1. The zero-order valence-electron chi connectivity index (χ0n) is 8.45. The van der Waals surface area contributed by atoms with Crippen molar-refractivity contribution < 1.29 is 14.3 Å². The zero-order chi connectivity index (χ0) is 10.7. The van der Waals surface area contributed by atoms with Crippen LogP contribution in [0.5, 0.6) is 0 Å². The van der Waals surface area contributed by atoms with Gasteiger partial charge in [0, 0.05) is 0 Å². The molecule has 78 valence electrons. The first-order valence-corrected chi connectivity index (χ1v) is 4.68. The predicted octanol–water partition coefficient (Wildman–Crippen LogP) is 0.629. The van der Waals surface area contributed by atoms with E-state index in [-0.39, 0.29) is 17.8 Å². The molecule has 4 nitrogen and oxygen atoms in total. The number of esters is 1. The highest BCUT2D eigenvalue weighted by atomic mass is 16.6. The molecule has 0 aromatic rings. The van der Waals surface area contributed by atoms with E-state index >= 15 is 0 Å². The third-order valence-electron chi connectivity index (χ3n) is 2.11. The molecule has 1 amide bonds. The summed E-state index contributed by atoms with van der Waals surface area (Å²) in [5.41, 5.74) is 0. The van der Waals surface area contributed by atoms with Crippen LogP contribution < -0.4 is 5.32 Å². The molecule has 1 aliphatic heterocycles. The molecular formula is C10H15NO3. The fourth-order valence-corrected chi connectivity index (χ4v) is 1.33. The molecule has 0 bridgehead atoms. The molecule has 1 fully saturated rings. The number of nitrogens with one attached hydrogen (secondary N) is 1. The van der Waals surface area contributed by atoms with Crippen LogP contribution in [0.2, 0.25) is 0 Å². The van der Waals surface area contributed by atoms with E-state index in [1.165, 1.54) is 0 Å². The number of carbonyl (C=O) groups excluding carboxylic acids is 2. The van der Waals surface area contributed by atoms with Crippen LogP contribution in [0.15, 0.2) is 12.7 Å². The molecule has 0 spiro atoms. The average molecular weight is 197 g/mol. The Hall–Kier alpha value is -1.32. The van der Waals surface area contributed by atoms with Crippen molar-refractivity contribution in [2.75, 3.05) is 0 Å². The Morgan fingerprint density at radius 3 is 2.71 bits per heavy atom. The number of amides is 1. The molecule has 1 saturated heterocycles. The van der Waals surface area contributed by atoms with E-state index in [1.54, 1.807) is 6.08 Å². The van der Waals surface area contributed by atoms with Crippen LogP contribution in [-0.4, -0.2) is 24.0 Å². The summed E-state index contributed by atoms with van der Waals surface area (Å²) in [4.78, 5) is 22.8. The lowest BCUT2D eigenvalue weighted by Gasteiger charge is -2.29. The van der Waals surface area contributed by atoms with E-state index in [4.69, 9.17) is 4.74 Å². The summed E-state index contributed by atoms with van der Waals surface area (Å²) in [5, 5.41) is 2.61. The molecule has 1 N–H and O–H groups in total. The molecular weight excluding hydrogens is 182 g/mol. The van der Waals surface area contributed by atoms with E-state index in [1.807, 2.05) is 13.8 Å². The molecule has 0 aromatic carbocycles. The number of carbonyl (C=O) groups is 2. The topological polar surface area (TPSA) is 55.4 Å². The molecule has 2 atom stereocenters. The Bertz CT molecular complexity index is 260. The summed E-state index contributed by atoms with van der Waals surface area (Å²) in [6.45, 7) is 7.19. The van der Waals surface area contributed by atoms with Crippen molar-refractivity contribution in [3.8, 4) is 0 Å². The fourth-order valence-electron chi connectivity index (χ4n) is 1.33. The molecule has 4 heteroatoms. The monoisotopic (exact) mass is 197 g/mol. The van der Waals surface area contributed by atoms with Crippen LogP contribution in [-0.2, 0) is 14.3 Å². The van der Waals surface area contributed by atoms with Crippen LogP contribution in [0, 0.1) is 5.92 Å². The first-order chi connectivity index (χ1) is 6.56. The van der Waals surface area contributed by atoms with Gasteiger partial charge in [-0.05, 0) is 12.3 Å². The molecule has 0 radical (unpaired) electrons. The highest BCUT2D eigenvalue weighted by molar-refractivity contribution is 5.92. The highest BCUT2D eigenvalue weighted by Gasteiger charge is 2.36. The lowest BCUT2D eigenvalue weighted by atomic mass is 10.0. The van der Waals surface area contributed by atoms with Gasteiger partial charge in [-0.25, -0.2) is 4.79 Å². The average Bonchev–Trinajstić information content (AvgIpc) is 2.10. The van der Waals surface area contributed by atoms with E-state index in [9.17, 15) is 9.59 Å². The minimum Gasteiger partial charge on any atom is -0.450 e. The molecule has 14 heavy (non-hydrogen) atoms. The number of ether oxygens (including phenoxy) is 1. The third kappa shape index (κ3) is 2.13. The maximum atomic E-state index is 11.4. The Morgan fingerprint density at radius 2 is 2.21 bits per heavy atom. The molecule has 0 unspecified atom stereocenters. The van der Waals surface area contributed by atoms with Gasteiger partial charge in [-0.1, -0.05) is 19.9 Å². The zero-order valence-corrected chi connectivity index (χ0v) is 8.45. The molecule has 0 aliphatic carbocycles. The van der Waals surface area contributed by atoms with Gasteiger partial charge in [0.2, 0.25) is 0 Å². The summed E-state index contributed by atoms with van der Waals surface area (Å²) in [5.74, 6) is -0.585. The summed E-state index contributed by atoms with van der Waals surface area (Å²) >= 11 is 0. The summed E-state index contributed by atoms with van der Waals surface area (Å²) in [7, 11) is 0. The minimum absolute atomic E-state index is 0.00336. The van der Waals surface area contributed by atoms with Crippen LogP contribution in [0.3, 0.4) is 0 Å². The number of cyclic esters (lactones) is 1. The van der Waals surface area contributed by atoms with Crippen molar-refractivity contribution >= 4 is 11.9 Å². The Kier molecular flexibility index (Phi) is 3.28. The Balaban J connectivity index is 2.66. The second-order valence-corrected chi connectivity index (χ2v) is 3.69. The first-order valence-electron chi connectivity index (χ1n) is 4.68. The smallest absolute Gasteiger partial charge is 0.329 e. The molecule has 0 aromatic heterocycles. The van der Waals surface area contributed by atoms with E-state index < -0.39 is 12.1 Å². The number of hydrogen-bond donors (Lipinski definition) is 1. The minimum atomic E-state index is -0.649. The van der Waals surface area contributed by atoms with Gasteiger partial charge in [-0.15, -0.1) is 6.58 Å². The molecule has 1 heterocycles. The van der Waals surface area contributed by atoms with E-state index in [0.29, 0.717) is 6.42 Å². The van der Waals surface area contributed by atoms with E-state index in [0.717, 1.165) is 0 Å². The highest BCUT2D eigenvalue weighted by Crippen LogP contribution is 2.14. The van der Waals surface area contributed by atoms with Gasteiger partial charge in [0.05, 0.1) is 0 Å². The lowest BCUT2D eigenvalue weighted by Crippen LogP contribution is -2.55. The van der Waals surface area contributed by atoms with Crippen molar-refractivity contribution in [1.29, 1.82) is 0 Å². The molecule has 1 rings (SSSR count). The van der Waals surface area contributed by atoms with Gasteiger partial charge in [-0.2, -0.15) is 0 Å². The molecule has 0 saturated carbocycles. The standard InChI is InChI=1S/C10H15NO3/c1-4-5-7-10(13)14-8(6(2)3)9(12)11-7/h4,6-8H,1,5H2,2-3H3,(H,11,12)/t7-,8+/m1/s1. The van der Waals surface area contributed by atoms with Gasteiger partial charge in [-0.3, -0.25) is 4.79 Å². The van der Waals surface area contributed by atoms with Crippen LogP contribution >= 0.6 is 0 Å². The number of morpholine rings is 1. The Labute approximate surface area is 83.3 Å². The summed E-state index contributed by atoms with van der Waals surface area (Å²) in [6, 6.07) is -0.560. The van der Waals surface area contributed by atoms with Crippen LogP contribution in [0.4, 0.5) is 0 Å². The van der Waals surface area contributed by atoms with Crippen LogP contribution in [0.25, 0.3) is 0 Å². The second-order valence-electron chi connectivity index (χ2n) is 3.69. The van der Waals surface area contributed by atoms with Gasteiger partial charge < -0.3 is 10.1 Å². The third-order valence-corrected chi connectivity index (χ3v) is 2.11. The summed E-state index contributed by atoms with van der Waals surface area (Å²) < 4.78 is 5.03. The van der Waals surface area contributed by atoms with E-state index in [2.05, 4.69) is 11.9 Å². The Morgan fingerprint density at radius 1 is 1.57 bits per heavy atom. The molecule has 1 aliphatic rings. The second kappa shape index (κ2) is 4.26. The fraction of sp³-hybridized carbons (Fsp3) is 0.600. The number of hydrogen-bond acceptors (Lipinski definition) is 3. The maximum Gasteiger partial charge on any atom is 0.329 e. The quantitative estimate of drug-likeness (QED) is 0.533.